The molecule has 0 saturated carbocycles. The molecule has 180 valence electrons. The lowest BCUT2D eigenvalue weighted by atomic mass is 10.1. The second-order valence-corrected chi connectivity index (χ2v) is 9.34. The minimum atomic E-state index is -0.274. The molecule has 1 saturated heterocycles. The Morgan fingerprint density at radius 2 is 1.69 bits per heavy atom. The molecular formula is C28H30N4O3. The SMILES string of the molecule is Cc1cccc(Cn2cccc(C(=O)N3CCN(CC(=O)N4CCc5ccccc54)CC3)c2=O)c1. The van der Waals surface area contributed by atoms with Gasteiger partial charge in [0.25, 0.3) is 11.5 Å². The molecule has 35 heavy (non-hydrogen) atoms. The highest BCUT2D eigenvalue weighted by Crippen LogP contribution is 2.27. The quantitative estimate of drug-likeness (QED) is 0.575. The molecule has 5 rings (SSSR count). The molecule has 0 unspecified atom stereocenters. The minimum absolute atomic E-state index is 0.0943. The smallest absolute Gasteiger partial charge is 0.263 e. The van der Waals surface area contributed by atoms with Crippen molar-refractivity contribution in [1.82, 2.24) is 14.4 Å². The summed E-state index contributed by atoms with van der Waals surface area (Å²) < 4.78 is 1.59. The highest BCUT2D eigenvalue weighted by atomic mass is 16.2. The molecule has 2 amide bonds. The first-order valence-electron chi connectivity index (χ1n) is 12.1. The number of hydrogen-bond acceptors (Lipinski definition) is 4. The summed E-state index contributed by atoms with van der Waals surface area (Å²) in [6.07, 6.45) is 2.62. The van der Waals surface area contributed by atoms with Crippen LogP contribution in [0.2, 0.25) is 0 Å². The van der Waals surface area contributed by atoms with Gasteiger partial charge in [-0.2, -0.15) is 0 Å². The van der Waals surface area contributed by atoms with E-state index in [0.717, 1.165) is 29.8 Å². The molecule has 2 aromatic carbocycles. The number of amides is 2. The van der Waals surface area contributed by atoms with Gasteiger partial charge in [-0.25, -0.2) is 0 Å². The summed E-state index contributed by atoms with van der Waals surface area (Å²) in [5.41, 5.74) is 4.30. The fourth-order valence-corrected chi connectivity index (χ4v) is 4.98. The van der Waals surface area contributed by atoms with Gasteiger partial charge < -0.3 is 14.4 Å². The van der Waals surface area contributed by atoms with E-state index >= 15 is 0 Å². The monoisotopic (exact) mass is 470 g/mol. The van der Waals surface area contributed by atoms with Gasteiger partial charge in [0.15, 0.2) is 0 Å². The Morgan fingerprint density at radius 3 is 2.49 bits per heavy atom. The maximum atomic E-state index is 13.2. The van der Waals surface area contributed by atoms with Crippen molar-refractivity contribution in [3.05, 3.63) is 99.5 Å². The molecule has 7 nitrogen and oxygen atoms in total. The van der Waals surface area contributed by atoms with Crippen molar-refractivity contribution in [3.8, 4) is 0 Å². The molecule has 0 atom stereocenters. The molecule has 2 aliphatic heterocycles. The third-order valence-electron chi connectivity index (χ3n) is 6.89. The van der Waals surface area contributed by atoms with Gasteiger partial charge in [0.2, 0.25) is 5.91 Å². The third kappa shape index (κ3) is 4.91. The summed E-state index contributed by atoms with van der Waals surface area (Å²) in [6, 6.07) is 19.4. The summed E-state index contributed by atoms with van der Waals surface area (Å²) in [5, 5.41) is 0. The van der Waals surface area contributed by atoms with Crippen LogP contribution in [-0.4, -0.2) is 65.4 Å². The Bertz CT molecular complexity index is 1310. The normalized spacial score (nSPS) is 15.8. The fourth-order valence-electron chi connectivity index (χ4n) is 4.98. The second-order valence-electron chi connectivity index (χ2n) is 9.34. The number of para-hydroxylation sites is 1. The number of piperazine rings is 1. The molecule has 1 aromatic heterocycles. The van der Waals surface area contributed by atoms with E-state index in [1.54, 1.807) is 27.8 Å². The average Bonchev–Trinajstić information content (AvgIpc) is 3.30. The number of fused-ring (bicyclic) bond motifs is 1. The average molecular weight is 471 g/mol. The van der Waals surface area contributed by atoms with E-state index < -0.39 is 0 Å². The van der Waals surface area contributed by atoms with Crippen LogP contribution < -0.4 is 10.5 Å². The number of carbonyl (C=O) groups excluding carboxylic acids is 2. The van der Waals surface area contributed by atoms with Crippen LogP contribution in [0, 0.1) is 6.92 Å². The van der Waals surface area contributed by atoms with E-state index in [0.29, 0.717) is 39.3 Å². The van der Waals surface area contributed by atoms with Crippen LogP contribution in [0.1, 0.15) is 27.0 Å². The Balaban J connectivity index is 1.20. The largest absolute Gasteiger partial charge is 0.336 e. The van der Waals surface area contributed by atoms with Gasteiger partial charge in [-0.1, -0.05) is 48.0 Å². The third-order valence-corrected chi connectivity index (χ3v) is 6.89. The maximum Gasteiger partial charge on any atom is 0.263 e. The van der Waals surface area contributed by atoms with Crippen molar-refractivity contribution < 1.29 is 9.59 Å². The first-order valence-corrected chi connectivity index (χ1v) is 12.1. The van der Waals surface area contributed by atoms with Crippen LogP contribution in [0.4, 0.5) is 5.69 Å². The number of aromatic nitrogens is 1. The molecule has 3 heterocycles. The van der Waals surface area contributed by atoms with Crippen molar-refractivity contribution in [3.63, 3.8) is 0 Å². The molecule has 0 radical (unpaired) electrons. The Labute approximate surface area is 205 Å². The first-order chi connectivity index (χ1) is 17.0. The zero-order valence-electron chi connectivity index (χ0n) is 20.0. The molecule has 0 aliphatic carbocycles. The molecular weight excluding hydrogens is 440 g/mol. The number of benzene rings is 2. The summed E-state index contributed by atoms with van der Waals surface area (Å²) in [6.45, 7) is 5.71. The van der Waals surface area contributed by atoms with Gasteiger partial charge in [0, 0.05) is 44.6 Å². The summed E-state index contributed by atoms with van der Waals surface area (Å²) >= 11 is 0. The van der Waals surface area contributed by atoms with Gasteiger partial charge >= 0.3 is 0 Å². The Hall–Kier alpha value is -3.71. The fraction of sp³-hybridized carbons (Fsp3) is 0.321. The van der Waals surface area contributed by atoms with Gasteiger partial charge in [-0.15, -0.1) is 0 Å². The second kappa shape index (κ2) is 9.88. The molecule has 7 heteroatoms. The van der Waals surface area contributed by atoms with E-state index in [1.165, 1.54) is 5.56 Å². The number of nitrogens with zero attached hydrogens (tertiary/aromatic N) is 4. The molecule has 3 aromatic rings. The van der Waals surface area contributed by atoms with Crippen molar-refractivity contribution in [2.75, 3.05) is 44.2 Å². The number of pyridine rings is 1. The van der Waals surface area contributed by atoms with Gasteiger partial charge in [-0.05, 0) is 42.7 Å². The van der Waals surface area contributed by atoms with E-state index in [4.69, 9.17) is 0 Å². The highest BCUT2D eigenvalue weighted by molar-refractivity contribution is 5.97. The summed E-state index contributed by atoms with van der Waals surface area (Å²) in [4.78, 5) is 44.8. The summed E-state index contributed by atoms with van der Waals surface area (Å²) in [5.74, 6) is -0.148. The maximum absolute atomic E-state index is 13.2. The number of anilines is 1. The van der Waals surface area contributed by atoms with Crippen molar-refractivity contribution in [2.24, 2.45) is 0 Å². The van der Waals surface area contributed by atoms with Crippen molar-refractivity contribution >= 4 is 17.5 Å². The predicted molar refractivity (Wildman–Crippen MR) is 136 cm³/mol. The van der Waals surface area contributed by atoms with E-state index in [9.17, 15) is 14.4 Å². The Morgan fingerprint density at radius 1 is 0.886 bits per heavy atom. The van der Waals surface area contributed by atoms with Gasteiger partial charge in [0.1, 0.15) is 5.56 Å². The van der Waals surface area contributed by atoms with Crippen molar-refractivity contribution in [1.29, 1.82) is 0 Å². The van der Waals surface area contributed by atoms with E-state index in [2.05, 4.69) is 11.0 Å². The van der Waals surface area contributed by atoms with Crippen LogP contribution in [0.15, 0.2) is 71.7 Å². The predicted octanol–water partition coefficient (Wildman–Crippen LogP) is 2.55. The lowest BCUT2D eigenvalue weighted by molar-refractivity contribution is -0.120. The van der Waals surface area contributed by atoms with Crippen LogP contribution in [0.5, 0.6) is 0 Å². The number of rotatable bonds is 5. The van der Waals surface area contributed by atoms with Crippen molar-refractivity contribution in [2.45, 2.75) is 19.9 Å². The zero-order valence-corrected chi connectivity index (χ0v) is 20.0. The van der Waals surface area contributed by atoms with Gasteiger partial charge in [0.05, 0.1) is 13.1 Å². The number of hydrogen-bond donors (Lipinski definition) is 0. The van der Waals surface area contributed by atoms with Crippen LogP contribution in [0.3, 0.4) is 0 Å². The zero-order chi connectivity index (χ0) is 24.4. The number of aryl methyl sites for hydroxylation is 1. The van der Waals surface area contributed by atoms with E-state index in [-0.39, 0.29) is 22.9 Å². The molecule has 0 N–H and O–H groups in total. The lowest BCUT2D eigenvalue weighted by Gasteiger charge is -2.35. The molecule has 1 fully saturated rings. The summed E-state index contributed by atoms with van der Waals surface area (Å²) in [7, 11) is 0. The molecule has 0 bridgehead atoms. The van der Waals surface area contributed by atoms with Crippen LogP contribution in [0.25, 0.3) is 0 Å². The lowest BCUT2D eigenvalue weighted by Crippen LogP contribution is -2.52. The topological polar surface area (TPSA) is 65.9 Å². The first kappa shape index (κ1) is 23.1. The minimum Gasteiger partial charge on any atom is -0.336 e. The Kier molecular flexibility index (Phi) is 6.51. The van der Waals surface area contributed by atoms with Crippen LogP contribution in [-0.2, 0) is 17.8 Å². The molecule has 2 aliphatic rings. The number of carbonyl (C=O) groups is 2. The standard InChI is InChI=1S/C28H30N4O3/c1-21-6-4-7-22(18-21)19-31-12-5-9-24(28(31)35)27(34)30-16-14-29(15-17-30)20-26(33)32-13-11-23-8-2-3-10-25(23)32/h2-10,12,18H,11,13-17,19-20H2,1H3. The van der Waals surface area contributed by atoms with E-state index in [1.807, 2.05) is 54.3 Å². The van der Waals surface area contributed by atoms with Crippen LogP contribution >= 0.6 is 0 Å². The molecule has 0 spiro atoms. The highest BCUT2D eigenvalue weighted by Gasteiger charge is 2.29. The van der Waals surface area contributed by atoms with Gasteiger partial charge in [-0.3, -0.25) is 19.3 Å².